The van der Waals surface area contributed by atoms with Crippen molar-refractivity contribution in [3.63, 3.8) is 0 Å². The summed E-state index contributed by atoms with van der Waals surface area (Å²) in [5.41, 5.74) is -0.573. The molecule has 0 aliphatic carbocycles. The van der Waals surface area contributed by atoms with Crippen LogP contribution < -0.4 is 0 Å². The number of rotatable bonds is 2. The van der Waals surface area contributed by atoms with Crippen molar-refractivity contribution in [2.75, 3.05) is 0 Å². The molecule has 1 rings (SSSR count). The topological polar surface area (TPSA) is 104 Å². The summed E-state index contributed by atoms with van der Waals surface area (Å²) >= 11 is 0. The molecule has 0 heterocycles. The van der Waals surface area contributed by atoms with Crippen LogP contribution in [0, 0.1) is 28.4 Å². The van der Waals surface area contributed by atoms with Gasteiger partial charge in [0.1, 0.15) is 11.6 Å². The maximum atomic E-state index is 10.7. The second-order valence-corrected chi connectivity index (χ2v) is 2.81. The van der Waals surface area contributed by atoms with Gasteiger partial charge in [-0.15, -0.1) is 0 Å². The second kappa shape index (κ2) is 3.75. The summed E-state index contributed by atoms with van der Waals surface area (Å²) in [5, 5.41) is 28.0. The number of hydrogen-bond acceptors (Lipinski definition) is 4. The van der Waals surface area contributed by atoms with Gasteiger partial charge in [-0.2, -0.15) is 5.26 Å². The molecule has 0 atom stereocenters. The molecule has 0 saturated carbocycles. The number of carboxylic acids is 1. The molecule has 1 aromatic rings. The first-order valence-corrected chi connectivity index (χ1v) is 3.90. The number of benzene rings is 1. The predicted molar refractivity (Wildman–Crippen MR) is 49.5 cm³/mol. The Kier molecular flexibility index (Phi) is 2.67. The molecule has 0 bridgehead atoms. The van der Waals surface area contributed by atoms with Gasteiger partial charge < -0.3 is 5.11 Å². The lowest BCUT2D eigenvalue weighted by atomic mass is 10.0. The van der Waals surface area contributed by atoms with E-state index in [2.05, 4.69) is 0 Å². The Morgan fingerprint density at radius 2 is 2.20 bits per heavy atom. The minimum Gasteiger partial charge on any atom is -0.478 e. The molecular weight excluding hydrogens is 200 g/mol. The number of carboxylic acid groups (broad SMARTS) is 1. The van der Waals surface area contributed by atoms with Crippen molar-refractivity contribution in [1.29, 1.82) is 5.26 Å². The molecule has 0 radical (unpaired) electrons. The van der Waals surface area contributed by atoms with E-state index in [9.17, 15) is 14.9 Å². The van der Waals surface area contributed by atoms with E-state index in [-0.39, 0.29) is 22.4 Å². The Morgan fingerprint density at radius 1 is 1.60 bits per heavy atom. The average Bonchev–Trinajstić information content (AvgIpc) is 2.16. The van der Waals surface area contributed by atoms with E-state index in [1.165, 1.54) is 6.92 Å². The summed E-state index contributed by atoms with van der Waals surface area (Å²) in [6.45, 7) is 1.37. The lowest BCUT2D eigenvalue weighted by molar-refractivity contribution is -0.385. The van der Waals surface area contributed by atoms with Gasteiger partial charge in [-0.05, 0) is 18.6 Å². The highest BCUT2D eigenvalue weighted by Crippen LogP contribution is 2.23. The number of nitro benzene ring substituents is 1. The number of carbonyl (C=O) groups is 1. The van der Waals surface area contributed by atoms with Crippen LogP contribution >= 0.6 is 0 Å². The van der Waals surface area contributed by atoms with E-state index < -0.39 is 10.9 Å². The lowest BCUT2D eigenvalue weighted by Crippen LogP contribution is -2.04. The first kappa shape index (κ1) is 10.7. The molecule has 1 aromatic carbocycles. The van der Waals surface area contributed by atoms with Gasteiger partial charge in [0.15, 0.2) is 0 Å². The normalized spacial score (nSPS) is 9.33. The summed E-state index contributed by atoms with van der Waals surface area (Å²) in [7, 11) is 0. The zero-order valence-corrected chi connectivity index (χ0v) is 7.72. The molecule has 0 spiro atoms. The largest absolute Gasteiger partial charge is 0.478 e. The molecule has 6 nitrogen and oxygen atoms in total. The van der Waals surface area contributed by atoms with Gasteiger partial charge in [-0.3, -0.25) is 10.1 Å². The molecule has 0 aliphatic heterocycles. The van der Waals surface area contributed by atoms with Gasteiger partial charge in [0, 0.05) is 6.07 Å². The smallest absolute Gasteiger partial charge is 0.336 e. The summed E-state index contributed by atoms with van der Waals surface area (Å²) < 4.78 is 0. The third kappa shape index (κ3) is 1.76. The molecule has 6 heteroatoms. The van der Waals surface area contributed by atoms with Crippen LogP contribution in [0.15, 0.2) is 12.1 Å². The third-order valence-electron chi connectivity index (χ3n) is 1.98. The van der Waals surface area contributed by atoms with Crippen LogP contribution in [0.5, 0.6) is 0 Å². The Labute approximate surface area is 84.5 Å². The highest BCUT2D eigenvalue weighted by molar-refractivity contribution is 5.90. The molecule has 0 saturated heterocycles. The molecule has 0 amide bonds. The molecule has 0 fully saturated rings. The van der Waals surface area contributed by atoms with Gasteiger partial charge in [0.05, 0.1) is 10.5 Å². The van der Waals surface area contributed by atoms with E-state index in [1.54, 1.807) is 6.07 Å². The minimum absolute atomic E-state index is 0.0999. The monoisotopic (exact) mass is 206 g/mol. The summed E-state index contributed by atoms with van der Waals surface area (Å²) in [6, 6.07) is 3.78. The van der Waals surface area contributed by atoms with E-state index in [4.69, 9.17) is 10.4 Å². The zero-order valence-electron chi connectivity index (χ0n) is 7.72. The van der Waals surface area contributed by atoms with Crippen LogP contribution in [0.2, 0.25) is 0 Å². The van der Waals surface area contributed by atoms with Crippen molar-refractivity contribution in [3.05, 3.63) is 38.9 Å². The van der Waals surface area contributed by atoms with Crippen LogP contribution in [-0.2, 0) is 0 Å². The second-order valence-electron chi connectivity index (χ2n) is 2.81. The Morgan fingerprint density at radius 3 is 2.60 bits per heavy atom. The minimum atomic E-state index is -1.21. The lowest BCUT2D eigenvalue weighted by Gasteiger charge is -2.02. The van der Waals surface area contributed by atoms with Crippen molar-refractivity contribution < 1.29 is 14.8 Å². The third-order valence-corrected chi connectivity index (χ3v) is 1.98. The van der Waals surface area contributed by atoms with Gasteiger partial charge >= 0.3 is 5.97 Å². The van der Waals surface area contributed by atoms with Crippen LogP contribution in [0.4, 0.5) is 5.69 Å². The van der Waals surface area contributed by atoms with Gasteiger partial charge in [0.2, 0.25) is 0 Å². The average molecular weight is 206 g/mol. The zero-order chi connectivity index (χ0) is 11.6. The van der Waals surface area contributed by atoms with E-state index in [1.807, 2.05) is 0 Å². The van der Waals surface area contributed by atoms with E-state index in [0.29, 0.717) is 0 Å². The number of nitro groups is 1. The van der Waals surface area contributed by atoms with E-state index >= 15 is 0 Å². The summed E-state index contributed by atoms with van der Waals surface area (Å²) in [5.74, 6) is -1.21. The molecular formula is C9H6N2O4. The van der Waals surface area contributed by atoms with Crippen molar-refractivity contribution in [1.82, 2.24) is 0 Å². The number of hydrogen-bond donors (Lipinski definition) is 1. The Balaban J connectivity index is 3.55. The number of nitrogens with zero attached hydrogens (tertiary/aromatic N) is 2. The summed E-state index contributed by atoms with van der Waals surface area (Å²) in [6.07, 6.45) is 0. The molecule has 0 aliphatic rings. The van der Waals surface area contributed by atoms with Crippen molar-refractivity contribution in [3.8, 4) is 6.07 Å². The predicted octanol–water partition coefficient (Wildman–Crippen LogP) is 1.47. The fourth-order valence-corrected chi connectivity index (χ4v) is 1.22. The SMILES string of the molecule is Cc1c(C(=O)O)ccc([N+](=O)[O-])c1C#N. The maximum absolute atomic E-state index is 10.7. The van der Waals surface area contributed by atoms with Crippen LogP contribution in [0.25, 0.3) is 0 Å². The summed E-state index contributed by atoms with van der Waals surface area (Å²) in [4.78, 5) is 20.5. The van der Waals surface area contributed by atoms with Gasteiger partial charge in [-0.25, -0.2) is 4.79 Å². The van der Waals surface area contributed by atoms with Crippen molar-refractivity contribution in [2.24, 2.45) is 0 Å². The fourth-order valence-electron chi connectivity index (χ4n) is 1.22. The van der Waals surface area contributed by atoms with Crippen LogP contribution in [0.1, 0.15) is 21.5 Å². The Hall–Kier alpha value is -2.42. The fraction of sp³-hybridized carbons (Fsp3) is 0.111. The molecule has 15 heavy (non-hydrogen) atoms. The van der Waals surface area contributed by atoms with Crippen LogP contribution in [0.3, 0.4) is 0 Å². The maximum Gasteiger partial charge on any atom is 0.336 e. The van der Waals surface area contributed by atoms with Crippen molar-refractivity contribution in [2.45, 2.75) is 6.92 Å². The quantitative estimate of drug-likeness (QED) is 0.582. The highest BCUT2D eigenvalue weighted by atomic mass is 16.6. The number of nitriles is 1. The molecule has 0 unspecified atom stereocenters. The van der Waals surface area contributed by atoms with Gasteiger partial charge in [0.25, 0.3) is 5.69 Å². The first-order valence-electron chi connectivity index (χ1n) is 3.90. The Bertz CT molecular complexity index is 488. The molecule has 1 N–H and O–H groups in total. The van der Waals surface area contributed by atoms with Gasteiger partial charge in [-0.1, -0.05) is 0 Å². The first-order chi connectivity index (χ1) is 6.99. The number of aromatic carboxylic acids is 1. The molecule has 0 aromatic heterocycles. The van der Waals surface area contributed by atoms with Crippen LogP contribution in [-0.4, -0.2) is 16.0 Å². The van der Waals surface area contributed by atoms with Crippen molar-refractivity contribution >= 4 is 11.7 Å². The highest BCUT2D eigenvalue weighted by Gasteiger charge is 2.20. The molecule has 76 valence electrons. The van der Waals surface area contributed by atoms with E-state index in [0.717, 1.165) is 12.1 Å². The standard InChI is InChI=1S/C9H6N2O4/c1-5-6(9(12)13)2-3-8(11(14)15)7(5)4-10/h2-3H,1H3,(H,12,13).